The summed E-state index contributed by atoms with van der Waals surface area (Å²) in [6, 6.07) is 11.5. The third kappa shape index (κ3) is 3.58. The van der Waals surface area contributed by atoms with Gasteiger partial charge in [-0.3, -0.25) is 9.48 Å². The van der Waals surface area contributed by atoms with Crippen LogP contribution in [0.3, 0.4) is 0 Å². The minimum absolute atomic E-state index is 0.0884. The molecule has 3 aromatic heterocycles. The maximum absolute atomic E-state index is 12.5. The molecule has 31 heavy (non-hydrogen) atoms. The summed E-state index contributed by atoms with van der Waals surface area (Å²) in [7, 11) is 1.87. The van der Waals surface area contributed by atoms with Crippen LogP contribution in [0, 0.1) is 6.92 Å². The number of carbonyl (C=O) groups is 1. The van der Waals surface area contributed by atoms with Crippen molar-refractivity contribution in [3.63, 3.8) is 0 Å². The van der Waals surface area contributed by atoms with E-state index in [0.29, 0.717) is 37.9 Å². The monoisotopic (exact) mass is 417 g/mol. The lowest BCUT2D eigenvalue weighted by atomic mass is 10.2. The molecule has 4 heterocycles. The number of furan rings is 1. The molecule has 0 spiro atoms. The molecule has 4 aromatic rings. The Labute approximate surface area is 179 Å². The third-order valence-electron chi connectivity index (χ3n) is 5.56. The Bertz CT molecular complexity index is 1220. The molecule has 1 N–H and O–H groups in total. The molecule has 0 bridgehead atoms. The Morgan fingerprint density at radius 2 is 1.87 bits per heavy atom. The summed E-state index contributed by atoms with van der Waals surface area (Å²) in [5.41, 5.74) is 2.88. The van der Waals surface area contributed by atoms with Gasteiger partial charge in [-0.15, -0.1) is 0 Å². The van der Waals surface area contributed by atoms with Gasteiger partial charge in [0.2, 0.25) is 5.95 Å². The summed E-state index contributed by atoms with van der Waals surface area (Å²) < 4.78 is 7.00. The second kappa shape index (κ2) is 7.75. The van der Waals surface area contributed by atoms with Gasteiger partial charge in [-0.2, -0.15) is 15.1 Å². The number of nitrogens with zero attached hydrogens (tertiary/aromatic N) is 6. The van der Waals surface area contributed by atoms with Gasteiger partial charge in [-0.05, 0) is 30.7 Å². The fourth-order valence-corrected chi connectivity index (χ4v) is 3.75. The first-order valence-electron chi connectivity index (χ1n) is 10.2. The van der Waals surface area contributed by atoms with Crippen LogP contribution in [0.4, 0.5) is 17.5 Å². The quantitative estimate of drug-likeness (QED) is 0.546. The number of anilines is 3. The highest BCUT2D eigenvalue weighted by atomic mass is 16.3. The normalized spacial score (nSPS) is 14.3. The second-order valence-electron chi connectivity index (χ2n) is 7.57. The van der Waals surface area contributed by atoms with Crippen molar-refractivity contribution in [1.29, 1.82) is 0 Å². The van der Waals surface area contributed by atoms with Crippen molar-refractivity contribution in [1.82, 2.24) is 24.6 Å². The number of aryl methyl sites for hydroxylation is 2. The molecule has 0 aliphatic carbocycles. The molecular weight excluding hydrogens is 394 g/mol. The predicted molar refractivity (Wildman–Crippen MR) is 118 cm³/mol. The Hall–Kier alpha value is -3.88. The van der Waals surface area contributed by atoms with E-state index < -0.39 is 0 Å². The van der Waals surface area contributed by atoms with E-state index in [0.717, 1.165) is 28.1 Å². The Morgan fingerprint density at radius 3 is 2.61 bits per heavy atom. The average Bonchev–Trinajstić information content (AvgIpc) is 3.46. The zero-order valence-electron chi connectivity index (χ0n) is 17.4. The number of amides is 1. The molecule has 1 saturated heterocycles. The summed E-state index contributed by atoms with van der Waals surface area (Å²) in [6.45, 7) is 4.49. The van der Waals surface area contributed by atoms with E-state index in [9.17, 15) is 4.79 Å². The number of piperazine rings is 1. The number of carbonyl (C=O) groups excluding carboxylic acids is 1. The Balaban J connectivity index is 1.41. The van der Waals surface area contributed by atoms with Crippen LogP contribution in [0.2, 0.25) is 0 Å². The van der Waals surface area contributed by atoms with Crippen LogP contribution in [-0.4, -0.2) is 56.7 Å². The van der Waals surface area contributed by atoms with Gasteiger partial charge < -0.3 is 19.5 Å². The molecule has 158 valence electrons. The summed E-state index contributed by atoms with van der Waals surface area (Å²) in [5.74, 6) is 1.62. The van der Waals surface area contributed by atoms with Crippen LogP contribution in [0.25, 0.3) is 11.0 Å². The van der Waals surface area contributed by atoms with Gasteiger partial charge in [-0.25, -0.2) is 0 Å². The number of nitrogens with one attached hydrogen (secondary N) is 1. The van der Waals surface area contributed by atoms with Gasteiger partial charge in [0.1, 0.15) is 5.82 Å². The molecule has 1 amide bonds. The molecule has 1 aliphatic heterocycles. The van der Waals surface area contributed by atoms with Gasteiger partial charge in [0.05, 0.1) is 17.8 Å². The third-order valence-corrected chi connectivity index (χ3v) is 5.56. The molecule has 9 heteroatoms. The lowest BCUT2D eigenvalue weighted by molar-refractivity contribution is 0.0714. The van der Waals surface area contributed by atoms with Gasteiger partial charge in [0.25, 0.3) is 5.91 Å². The van der Waals surface area contributed by atoms with Gasteiger partial charge in [0.15, 0.2) is 11.4 Å². The molecule has 1 fully saturated rings. The average molecular weight is 417 g/mol. The van der Waals surface area contributed by atoms with E-state index >= 15 is 0 Å². The molecule has 0 unspecified atom stereocenters. The minimum atomic E-state index is -0.0884. The van der Waals surface area contributed by atoms with Crippen molar-refractivity contribution in [2.24, 2.45) is 7.05 Å². The molecule has 1 aromatic carbocycles. The first kappa shape index (κ1) is 19.1. The molecule has 5 rings (SSSR count). The number of para-hydroxylation sites is 1. The molecule has 0 atom stereocenters. The minimum Gasteiger partial charge on any atom is -0.459 e. The standard InChI is InChI=1S/C22H23N7O2/c1-15-6-3-4-7-17(15)24-19-16-14-23-27(2)20(16)26-22(25-19)29-11-9-28(10-12-29)21(30)18-8-5-13-31-18/h3-8,13-14H,9-12H2,1-2H3,(H,24,25,26). The number of benzene rings is 1. The fourth-order valence-electron chi connectivity index (χ4n) is 3.75. The zero-order valence-corrected chi connectivity index (χ0v) is 17.4. The van der Waals surface area contributed by atoms with E-state index in [1.54, 1.807) is 27.9 Å². The highest BCUT2D eigenvalue weighted by Crippen LogP contribution is 2.28. The molecule has 9 nitrogen and oxygen atoms in total. The lowest BCUT2D eigenvalue weighted by Crippen LogP contribution is -2.49. The van der Waals surface area contributed by atoms with Gasteiger partial charge in [-0.1, -0.05) is 18.2 Å². The summed E-state index contributed by atoms with van der Waals surface area (Å²) in [6.07, 6.45) is 3.29. The number of rotatable bonds is 4. The topological polar surface area (TPSA) is 92.3 Å². The van der Waals surface area contributed by atoms with Gasteiger partial charge >= 0.3 is 0 Å². The lowest BCUT2D eigenvalue weighted by Gasteiger charge is -2.34. The number of fused-ring (bicyclic) bond motifs is 1. The predicted octanol–water partition coefficient (Wildman–Crippen LogP) is 2.97. The first-order chi connectivity index (χ1) is 15.1. The number of hydrogen-bond acceptors (Lipinski definition) is 7. The van der Waals surface area contributed by atoms with E-state index in [2.05, 4.69) is 28.3 Å². The van der Waals surface area contributed by atoms with Crippen LogP contribution < -0.4 is 10.2 Å². The molecule has 0 saturated carbocycles. The maximum Gasteiger partial charge on any atom is 0.289 e. The van der Waals surface area contributed by atoms with Crippen LogP contribution >= 0.6 is 0 Å². The Kier molecular flexibility index (Phi) is 4.78. The molecule has 1 aliphatic rings. The smallest absolute Gasteiger partial charge is 0.289 e. The SMILES string of the molecule is Cc1ccccc1Nc1nc(N2CCN(C(=O)c3ccco3)CC2)nc2c1cnn2C. The largest absolute Gasteiger partial charge is 0.459 e. The van der Waals surface area contributed by atoms with Gasteiger partial charge in [0, 0.05) is 38.9 Å². The number of hydrogen-bond donors (Lipinski definition) is 1. The van der Waals surface area contributed by atoms with Crippen molar-refractivity contribution < 1.29 is 9.21 Å². The van der Waals surface area contributed by atoms with Crippen LogP contribution in [0.1, 0.15) is 16.1 Å². The number of aromatic nitrogens is 4. The van der Waals surface area contributed by atoms with E-state index in [4.69, 9.17) is 14.4 Å². The van der Waals surface area contributed by atoms with Crippen molar-refractivity contribution >= 4 is 34.4 Å². The molecular formula is C22H23N7O2. The molecule has 0 radical (unpaired) electrons. The van der Waals surface area contributed by atoms with Crippen LogP contribution in [0.15, 0.2) is 53.3 Å². The highest BCUT2D eigenvalue weighted by molar-refractivity contribution is 5.92. The fraction of sp³-hybridized carbons (Fsp3) is 0.273. The second-order valence-corrected chi connectivity index (χ2v) is 7.57. The van der Waals surface area contributed by atoms with E-state index in [1.807, 2.05) is 25.2 Å². The van der Waals surface area contributed by atoms with Crippen LogP contribution in [0.5, 0.6) is 0 Å². The van der Waals surface area contributed by atoms with Crippen molar-refractivity contribution in [2.75, 3.05) is 36.4 Å². The summed E-state index contributed by atoms with van der Waals surface area (Å²) in [5, 5.41) is 8.67. The van der Waals surface area contributed by atoms with E-state index in [-0.39, 0.29) is 5.91 Å². The van der Waals surface area contributed by atoms with Crippen molar-refractivity contribution in [3.05, 3.63) is 60.2 Å². The van der Waals surface area contributed by atoms with Crippen molar-refractivity contribution in [3.8, 4) is 0 Å². The summed E-state index contributed by atoms with van der Waals surface area (Å²) >= 11 is 0. The van der Waals surface area contributed by atoms with Crippen LogP contribution in [-0.2, 0) is 7.05 Å². The summed E-state index contributed by atoms with van der Waals surface area (Å²) in [4.78, 5) is 26.0. The first-order valence-corrected chi connectivity index (χ1v) is 10.2. The van der Waals surface area contributed by atoms with E-state index in [1.165, 1.54) is 6.26 Å². The Morgan fingerprint density at radius 1 is 1.06 bits per heavy atom. The van der Waals surface area contributed by atoms with Crippen molar-refractivity contribution in [2.45, 2.75) is 6.92 Å². The zero-order chi connectivity index (χ0) is 21.4. The highest BCUT2D eigenvalue weighted by Gasteiger charge is 2.26. The maximum atomic E-state index is 12.5.